The van der Waals surface area contributed by atoms with Crippen molar-refractivity contribution >= 4 is 33.4 Å². The average molecular weight is 335 g/mol. The van der Waals surface area contributed by atoms with Crippen LogP contribution in [0.2, 0.25) is 0 Å². The number of rotatable bonds is 1. The molecule has 5 heteroatoms. The molecule has 1 aromatic rings. The first-order valence-electron chi connectivity index (χ1n) is 5.87. The Kier molecular flexibility index (Phi) is 4.28. The standard InChI is InChI=1S/C13H14BrClFNO/c1-8-4-5-17(7-11(8)15)13(18)10-6-9(14)2-3-12(10)16/h2-3,6,8,11H,4-5,7H2,1H3. The fourth-order valence-electron chi connectivity index (χ4n) is 2.04. The lowest BCUT2D eigenvalue weighted by atomic mass is 9.98. The predicted molar refractivity (Wildman–Crippen MR) is 73.4 cm³/mol. The van der Waals surface area contributed by atoms with Crippen LogP contribution in [-0.4, -0.2) is 29.3 Å². The van der Waals surface area contributed by atoms with Crippen molar-refractivity contribution < 1.29 is 9.18 Å². The van der Waals surface area contributed by atoms with E-state index in [4.69, 9.17) is 11.6 Å². The summed E-state index contributed by atoms with van der Waals surface area (Å²) in [5, 5.41) is -0.0575. The molecule has 0 N–H and O–H groups in total. The summed E-state index contributed by atoms with van der Waals surface area (Å²) < 4.78 is 14.3. The van der Waals surface area contributed by atoms with E-state index in [1.165, 1.54) is 12.1 Å². The number of carbonyl (C=O) groups excluding carboxylic acids is 1. The summed E-state index contributed by atoms with van der Waals surface area (Å²) >= 11 is 9.41. The van der Waals surface area contributed by atoms with Crippen molar-refractivity contribution in [3.8, 4) is 0 Å². The van der Waals surface area contributed by atoms with Gasteiger partial charge in [-0.2, -0.15) is 0 Å². The molecule has 0 radical (unpaired) electrons. The molecule has 0 aromatic heterocycles. The molecule has 1 fully saturated rings. The zero-order valence-corrected chi connectivity index (χ0v) is 12.3. The quantitative estimate of drug-likeness (QED) is 0.718. The molecule has 1 aromatic carbocycles. The van der Waals surface area contributed by atoms with E-state index >= 15 is 0 Å². The summed E-state index contributed by atoms with van der Waals surface area (Å²) in [5.74, 6) is -0.387. The zero-order chi connectivity index (χ0) is 13.3. The van der Waals surface area contributed by atoms with E-state index in [9.17, 15) is 9.18 Å². The van der Waals surface area contributed by atoms with Gasteiger partial charge in [-0.1, -0.05) is 22.9 Å². The van der Waals surface area contributed by atoms with Crippen molar-refractivity contribution in [1.29, 1.82) is 0 Å². The van der Waals surface area contributed by atoms with E-state index in [2.05, 4.69) is 22.9 Å². The number of hydrogen-bond acceptors (Lipinski definition) is 1. The van der Waals surface area contributed by atoms with Gasteiger partial charge >= 0.3 is 0 Å². The van der Waals surface area contributed by atoms with Crippen LogP contribution in [0.4, 0.5) is 4.39 Å². The Labute approximate surface area is 119 Å². The molecule has 0 saturated carbocycles. The van der Waals surface area contributed by atoms with Crippen molar-refractivity contribution in [3.63, 3.8) is 0 Å². The van der Waals surface area contributed by atoms with E-state index in [0.717, 1.165) is 6.42 Å². The minimum atomic E-state index is -0.493. The van der Waals surface area contributed by atoms with Gasteiger partial charge in [-0.15, -0.1) is 11.6 Å². The Morgan fingerprint density at radius 1 is 1.56 bits per heavy atom. The lowest BCUT2D eigenvalue weighted by Crippen LogP contribution is -2.44. The molecule has 2 atom stereocenters. The van der Waals surface area contributed by atoms with Crippen molar-refractivity contribution in [2.45, 2.75) is 18.7 Å². The average Bonchev–Trinajstić information content (AvgIpc) is 2.35. The van der Waals surface area contributed by atoms with Crippen molar-refractivity contribution in [1.82, 2.24) is 4.90 Å². The van der Waals surface area contributed by atoms with Crippen molar-refractivity contribution in [2.24, 2.45) is 5.92 Å². The van der Waals surface area contributed by atoms with E-state index in [0.29, 0.717) is 23.5 Å². The Balaban J connectivity index is 2.19. The molecule has 2 unspecified atom stereocenters. The van der Waals surface area contributed by atoms with Crippen LogP contribution in [0.25, 0.3) is 0 Å². The second kappa shape index (κ2) is 5.57. The number of halogens is 3. The van der Waals surface area contributed by atoms with Crippen LogP contribution in [0.1, 0.15) is 23.7 Å². The number of benzene rings is 1. The summed E-state index contributed by atoms with van der Waals surface area (Å²) in [7, 11) is 0. The summed E-state index contributed by atoms with van der Waals surface area (Å²) in [6.45, 7) is 3.18. The molecule has 1 saturated heterocycles. The number of likely N-dealkylation sites (tertiary alicyclic amines) is 1. The van der Waals surface area contributed by atoms with Crippen molar-refractivity contribution in [3.05, 3.63) is 34.1 Å². The van der Waals surface area contributed by atoms with Gasteiger partial charge < -0.3 is 4.90 Å². The SMILES string of the molecule is CC1CCN(C(=O)c2cc(Br)ccc2F)CC1Cl. The van der Waals surface area contributed by atoms with Gasteiger partial charge in [-0.05, 0) is 30.5 Å². The molecule has 2 nitrogen and oxygen atoms in total. The van der Waals surface area contributed by atoms with Crippen LogP contribution >= 0.6 is 27.5 Å². The van der Waals surface area contributed by atoms with E-state index in [1.807, 2.05) is 0 Å². The second-order valence-electron chi connectivity index (χ2n) is 4.66. The lowest BCUT2D eigenvalue weighted by molar-refractivity contribution is 0.0696. The zero-order valence-electron chi connectivity index (χ0n) is 10.00. The number of carbonyl (C=O) groups is 1. The predicted octanol–water partition coefficient (Wildman–Crippen LogP) is 3.68. The first kappa shape index (κ1) is 13.8. The van der Waals surface area contributed by atoms with Gasteiger partial charge in [0.25, 0.3) is 5.91 Å². The number of alkyl halides is 1. The van der Waals surface area contributed by atoms with Gasteiger partial charge in [-0.3, -0.25) is 4.79 Å². The minimum absolute atomic E-state index is 0.0575. The summed E-state index contributed by atoms with van der Waals surface area (Å²) in [6, 6.07) is 4.38. The number of nitrogens with zero attached hydrogens (tertiary/aromatic N) is 1. The Morgan fingerprint density at radius 2 is 2.28 bits per heavy atom. The fourth-order valence-corrected chi connectivity index (χ4v) is 2.69. The van der Waals surface area contributed by atoms with E-state index in [1.54, 1.807) is 11.0 Å². The maximum atomic E-state index is 13.6. The third kappa shape index (κ3) is 2.86. The van der Waals surface area contributed by atoms with E-state index < -0.39 is 5.82 Å². The van der Waals surface area contributed by atoms with Gasteiger partial charge in [0.05, 0.1) is 10.9 Å². The molecule has 0 aliphatic carbocycles. The van der Waals surface area contributed by atoms with Gasteiger partial charge in [0.1, 0.15) is 5.82 Å². The first-order valence-corrected chi connectivity index (χ1v) is 7.10. The molecular weight excluding hydrogens is 321 g/mol. The third-order valence-corrected chi connectivity index (χ3v) is 4.37. The Bertz CT molecular complexity index is 468. The highest BCUT2D eigenvalue weighted by Crippen LogP contribution is 2.24. The first-order chi connectivity index (χ1) is 8.49. The fraction of sp³-hybridized carbons (Fsp3) is 0.462. The topological polar surface area (TPSA) is 20.3 Å². The van der Waals surface area contributed by atoms with Gasteiger partial charge in [0, 0.05) is 17.6 Å². The van der Waals surface area contributed by atoms with E-state index in [-0.39, 0.29) is 16.8 Å². The Hall–Kier alpha value is -0.610. The molecular formula is C13H14BrClFNO. The molecule has 0 spiro atoms. The van der Waals surface area contributed by atoms with Crippen LogP contribution in [0.5, 0.6) is 0 Å². The number of amides is 1. The molecule has 0 bridgehead atoms. The molecule has 1 amide bonds. The summed E-state index contributed by atoms with van der Waals surface area (Å²) in [5.41, 5.74) is 0.0998. The highest BCUT2D eigenvalue weighted by Gasteiger charge is 2.29. The monoisotopic (exact) mass is 333 g/mol. The van der Waals surface area contributed by atoms with Gasteiger partial charge in [-0.25, -0.2) is 4.39 Å². The van der Waals surface area contributed by atoms with Gasteiger partial charge in [0.15, 0.2) is 0 Å². The smallest absolute Gasteiger partial charge is 0.256 e. The highest BCUT2D eigenvalue weighted by atomic mass is 79.9. The molecule has 1 heterocycles. The van der Waals surface area contributed by atoms with Crippen LogP contribution in [0.3, 0.4) is 0 Å². The largest absolute Gasteiger partial charge is 0.337 e. The van der Waals surface area contributed by atoms with Crippen LogP contribution in [0, 0.1) is 11.7 Å². The number of piperidine rings is 1. The van der Waals surface area contributed by atoms with Crippen LogP contribution in [0.15, 0.2) is 22.7 Å². The highest BCUT2D eigenvalue weighted by molar-refractivity contribution is 9.10. The maximum absolute atomic E-state index is 13.6. The van der Waals surface area contributed by atoms with Gasteiger partial charge in [0.2, 0.25) is 0 Å². The maximum Gasteiger partial charge on any atom is 0.256 e. The molecule has 1 aliphatic rings. The second-order valence-corrected chi connectivity index (χ2v) is 6.13. The van der Waals surface area contributed by atoms with Crippen molar-refractivity contribution in [2.75, 3.05) is 13.1 Å². The minimum Gasteiger partial charge on any atom is -0.337 e. The van der Waals surface area contributed by atoms with Crippen LogP contribution < -0.4 is 0 Å². The normalized spacial score (nSPS) is 24.1. The molecule has 2 rings (SSSR count). The van der Waals surface area contributed by atoms with Crippen LogP contribution in [-0.2, 0) is 0 Å². The molecule has 1 aliphatic heterocycles. The third-order valence-electron chi connectivity index (χ3n) is 3.31. The molecule has 18 heavy (non-hydrogen) atoms. The summed E-state index contributed by atoms with van der Waals surface area (Å²) in [6.07, 6.45) is 0.857. The lowest BCUT2D eigenvalue weighted by Gasteiger charge is -2.34. The Morgan fingerprint density at radius 3 is 2.94 bits per heavy atom. The molecule has 98 valence electrons. The number of hydrogen-bond donors (Lipinski definition) is 0. The summed E-state index contributed by atoms with van der Waals surface area (Å²) in [4.78, 5) is 13.9.